The number of likely N-dealkylation sites (tertiary alicyclic amines) is 3. The van der Waals surface area contributed by atoms with E-state index >= 15 is 13.6 Å². The number of fused-ring (bicyclic) bond motifs is 1. The summed E-state index contributed by atoms with van der Waals surface area (Å²) in [6.07, 6.45) is 5.98. The van der Waals surface area contributed by atoms with Crippen molar-refractivity contribution in [3.8, 4) is 11.5 Å². The SMILES string of the molecule is COc1ccc(C2=N[C@@H](c3ccc(Cl)cc3)[C@@H](c3ccc(Cl)cc3)N2C(=O)N2CCN(CC(=O)NCCCN3C[C@@H]4CN(CC(=O)NCCCNc5cc(N6CCC7(CC6)CN(c6cc(F)c(CN8CCC(C)(C)CC8)cc6F)CC(=O)N7)ncn5)C[C@@H]4C3)C(=O)C2)c(OC(C)C)c1. The van der Waals surface area contributed by atoms with Crippen LogP contribution in [0, 0.1) is 28.9 Å². The van der Waals surface area contributed by atoms with E-state index in [9.17, 15) is 19.2 Å². The molecule has 0 bridgehead atoms. The first-order valence-electron chi connectivity index (χ1n) is 34.5. The van der Waals surface area contributed by atoms with Crippen LogP contribution < -0.4 is 40.5 Å². The molecule has 26 heteroatoms. The summed E-state index contributed by atoms with van der Waals surface area (Å²) in [4.78, 5) is 98.3. The van der Waals surface area contributed by atoms with E-state index in [1.54, 1.807) is 53.3 Å². The van der Waals surface area contributed by atoms with Crippen LogP contribution in [0.15, 0.2) is 96.2 Å². The predicted molar refractivity (Wildman–Crippen MR) is 374 cm³/mol. The smallest absolute Gasteiger partial charge is 0.326 e. The topological polar surface area (TPSA) is 216 Å². The van der Waals surface area contributed by atoms with E-state index in [0.717, 1.165) is 82.0 Å². The highest BCUT2D eigenvalue weighted by Gasteiger charge is 2.47. The second-order valence-electron chi connectivity index (χ2n) is 28.4. The molecule has 8 heterocycles. The van der Waals surface area contributed by atoms with Crippen molar-refractivity contribution in [3.05, 3.63) is 135 Å². The molecule has 7 aliphatic rings. The number of carbonyl (C=O) groups excluding carboxylic acids is 5. The van der Waals surface area contributed by atoms with Crippen molar-refractivity contribution in [2.24, 2.45) is 22.2 Å². The first-order valence-corrected chi connectivity index (χ1v) is 35.2. The van der Waals surface area contributed by atoms with E-state index in [-0.39, 0.29) is 73.6 Å². The van der Waals surface area contributed by atoms with Gasteiger partial charge >= 0.3 is 6.03 Å². The number of benzene rings is 4. The number of amidine groups is 1. The average Bonchev–Trinajstić information content (AvgIpc) is 1.64. The number of hydrogen-bond acceptors (Lipinski definition) is 16. The molecule has 22 nitrogen and oxygen atoms in total. The molecular formula is C72H91Cl2F2N15O7. The Labute approximate surface area is 582 Å². The third-order valence-corrected chi connectivity index (χ3v) is 20.9. The van der Waals surface area contributed by atoms with E-state index in [4.69, 9.17) is 37.7 Å². The van der Waals surface area contributed by atoms with Crippen LogP contribution in [-0.2, 0) is 25.7 Å². The van der Waals surface area contributed by atoms with Gasteiger partial charge in [-0.3, -0.25) is 38.9 Å². The molecule has 7 aliphatic heterocycles. The van der Waals surface area contributed by atoms with Gasteiger partial charge in [-0.25, -0.2) is 23.5 Å². The summed E-state index contributed by atoms with van der Waals surface area (Å²) in [7, 11) is 1.58. The van der Waals surface area contributed by atoms with Gasteiger partial charge in [-0.15, -0.1) is 0 Å². The predicted octanol–water partition coefficient (Wildman–Crippen LogP) is 8.25. The number of piperidine rings is 2. The van der Waals surface area contributed by atoms with Crippen molar-refractivity contribution < 1.29 is 42.2 Å². The molecule has 6 fully saturated rings. The molecule has 1 spiro atoms. The molecule has 4 N–H and O–H groups in total. The average molecular weight is 1390 g/mol. The molecule has 0 unspecified atom stereocenters. The number of nitrogens with zero attached hydrogens (tertiary/aromatic N) is 11. The van der Waals surface area contributed by atoms with Gasteiger partial charge in [0.1, 0.15) is 59.5 Å². The number of piperazine rings is 2. The minimum Gasteiger partial charge on any atom is -0.497 e. The fraction of sp³-hybridized carbons (Fsp3) is 0.528. The number of urea groups is 1. The highest BCUT2D eigenvalue weighted by Crippen LogP contribution is 2.46. The number of amides is 6. The number of rotatable bonds is 23. The van der Waals surface area contributed by atoms with E-state index in [0.29, 0.717) is 128 Å². The lowest BCUT2D eigenvalue weighted by Crippen LogP contribution is -2.66. The molecule has 4 aromatic carbocycles. The second kappa shape index (κ2) is 30.7. The van der Waals surface area contributed by atoms with Crippen LogP contribution in [0.2, 0.25) is 10.0 Å². The number of aliphatic imine (C=N–C) groups is 1. The maximum Gasteiger partial charge on any atom is 0.326 e. The summed E-state index contributed by atoms with van der Waals surface area (Å²) in [6, 6.07) is 22.9. The van der Waals surface area contributed by atoms with Gasteiger partial charge in [-0.1, -0.05) is 61.3 Å². The monoisotopic (exact) mass is 1390 g/mol. The van der Waals surface area contributed by atoms with E-state index in [2.05, 4.69) is 64.7 Å². The van der Waals surface area contributed by atoms with Crippen molar-refractivity contribution in [1.29, 1.82) is 0 Å². The number of anilines is 3. The van der Waals surface area contributed by atoms with E-state index in [1.165, 1.54) is 28.3 Å². The Kier molecular flexibility index (Phi) is 21.9. The van der Waals surface area contributed by atoms with Crippen molar-refractivity contribution >= 4 is 76.0 Å². The van der Waals surface area contributed by atoms with Crippen molar-refractivity contribution in [3.63, 3.8) is 0 Å². The molecule has 12 rings (SSSR count). The minimum atomic E-state index is -0.652. The first kappa shape index (κ1) is 70.0. The molecule has 5 aromatic rings. The Hall–Kier alpha value is -7.90. The lowest BCUT2D eigenvalue weighted by atomic mass is 9.82. The third-order valence-electron chi connectivity index (χ3n) is 20.4. The van der Waals surface area contributed by atoms with E-state index in [1.807, 2.05) is 50.2 Å². The lowest BCUT2D eigenvalue weighted by molar-refractivity contribution is -0.139. The second-order valence-corrected chi connectivity index (χ2v) is 29.3. The summed E-state index contributed by atoms with van der Waals surface area (Å²) in [6.45, 7) is 18.2. The summed E-state index contributed by atoms with van der Waals surface area (Å²) in [5, 5.41) is 13.8. The largest absolute Gasteiger partial charge is 0.497 e. The minimum absolute atomic E-state index is 0.00277. The van der Waals surface area contributed by atoms with Crippen molar-refractivity contribution in [2.45, 2.75) is 96.5 Å². The van der Waals surface area contributed by atoms with Gasteiger partial charge in [0.25, 0.3) is 0 Å². The Morgan fingerprint density at radius 1 is 0.714 bits per heavy atom. The van der Waals surface area contributed by atoms with Gasteiger partial charge in [0, 0.05) is 119 Å². The van der Waals surface area contributed by atoms with Crippen LogP contribution in [0.1, 0.15) is 101 Å². The zero-order valence-corrected chi connectivity index (χ0v) is 58.2. The maximum atomic E-state index is 15.8. The van der Waals surface area contributed by atoms with Gasteiger partial charge < -0.3 is 55.2 Å². The zero-order chi connectivity index (χ0) is 68.8. The van der Waals surface area contributed by atoms with Crippen LogP contribution in [0.25, 0.3) is 0 Å². The van der Waals surface area contributed by atoms with Crippen molar-refractivity contribution in [1.82, 2.24) is 55.3 Å². The number of nitrogens with one attached hydrogen (secondary N) is 4. The molecule has 1 aromatic heterocycles. The van der Waals surface area contributed by atoms with Gasteiger partial charge in [-0.05, 0) is 143 Å². The molecule has 0 aliphatic carbocycles. The Bertz CT molecular complexity index is 3710. The molecule has 0 radical (unpaired) electrons. The zero-order valence-electron chi connectivity index (χ0n) is 56.7. The summed E-state index contributed by atoms with van der Waals surface area (Å²) in [5.41, 5.74) is 2.30. The van der Waals surface area contributed by atoms with Crippen LogP contribution in [0.3, 0.4) is 0 Å². The van der Waals surface area contributed by atoms with Crippen LogP contribution >= 0.6 is 23.2 Å². The number of hydrogen-bond donors (Lipinski definition) is 4. The van der Waals surface area contributed by atoms with Gasteiger partial charge in [0.2, 0.25) is 23.6 Å². The number of ether oxygens (including phenoxy) is 2. The van der Waals surface area contributed by atoms with Gasteiger partial charge in [0.05, 0.1) is 55.7 Å². The number of aromatic nitrogens is 2. The Balaban J connectivity index is 0.539. The fourth-order valence-corrected chi connectivity index (χ4v) is 15.2. The lowest BCUT2D eigenvalue weighted by Gasteiger charge is -2.48. The normalized spacial score (nSPS) is 21.9. The number of carbonyl (C=O) groups is 5. The summed E-state index contributed by atoms with van der Waals surface area (Å²) >= 11 is 12.8. The summed E-state index contributed by atoms with van der Waals surface area (Å²) < 4.78 is 43.3. The van der Waals surface area contributed by atoms with Gasteiger partial charge in [0.15, 0.2) is 0 Å². The molecule has 0 saturated carbocycles. The van der Waals surface area contributed by atoms with Crippen LogP contribution in [0.4, 0.5) is 30.9 Å². The molecular weight excluding hydrogens is 1300 g/mol. The maximum absolute atomic E-state index is 15.8. The number of halogens is 4. The van der Waals surface area contributed by atoms with E-state index < -0.39 is 35.3 Å². The quantitative estimate of drug-likeness (QED) is 0.0453. The fourth-order valence-electron chi connectivity index (χ4n) is 15.0. The van der Waals surface area contributed by atoms with Crippen LogP contribution in [0.5, 0.6) is 11.5 Å². The molecule has 6 saturated heterocycles. The summed E-state index contributed by atoms with van der Waals surface area (Å²) in [5.74, 6) is 1.98. The highest BCUT2D eigenvalue weighted by atomic mass is 35.5. The van der Waals surface area contributed by atoms with Crippen LogP contribution in [-0.4, -0.2) is 218 Å². The van der Waals surface area contributed by atoms with Gasteiger partial charge in [-0.2, -0.15) is 0 Å². The molecule has 6 amide bonds. The first-order chi connectivity index (χ1) is 47.1. The molecule has 98 heavy (non-hydrogen) atoms. The highest BCUT2D eigenvalue weighted by molar-refractivity contribution is 6.30. The third kappa shape index (κ3) is 16.9. The molecule has 524 valence electrons. The number of methoxy groups -OCH3 is 1. The Morgan fingerprint density at radius 3 is 2.07 bits per heavy atom. The van der Waals surface area contributed by atoms with Crippen molar-refractivity contribution in [2.75, 3.05) is 147 Å². The molecule has 4 atom stereocenters. The standard InChI is InChI=1S/C72H91Cl2F2N15O7/c1-47(2)98-60-33-55(97-5)16-17-56(60)69-82-67(48-8-12-53(73)13-9-48)68(49-10-14-54(74)15-11-49)91(69)70(96)89-31-30-88(66(95)44-89)42-64(93)79-24-7-25-85-37-51-39-86(40-52(51)38-85)41-63(92)78-23-6-22-77-61-35-62(81-46-80-61)87-28-20-72(21-29-87)45-90(43-65(94)83-72)59-34-57(75)50(32-58(59)76)36-84-26-18-71(3,4)19-27-84/h8-17,32-35,46-47,51-52,67-68H,6-7,18-31,36-45H2,1-5H3,(H,78,92)(H,79,93)(H,83,94)(H,77,80,81)/t51-,52+,67-,68+/m0/s1. The Morgan fingerprint density at radius 2 is 1.39 bits per heavy atom.